The van der Waals surface area contributed by atoms with Gasteiger partial charge >= 0.3 is 0 Å². The molecule has 5 nitrogen and oxygen atoms in total. The van der Waals surface area contributed by atoms with Crippen molar-refractivity contribution in [2.24, 2.45) is 5.41 Å². The first-order valence-corrected chi connectivity index (χ1v) is 9.85. The monoisotopic (exact) mass is 396 g/mol. The number of hydrogen-bond donors (Lipinski definition) is 0. The first-order chi connectivity index (χ1) is 12.2. The maximum Gasteiger partial charge on any atom is 0.148 e. The van der Waals surface area contributed by atoms with Crippen LogP contribution in [0.5, 0.6) is 0 Å². The zero-order valence-electron chi connectivity index (χ0n) is 13.6. The van der Waals surface area contributed by atoms with Gasteiger partial charge in [-0.3, -0.25) is 0 Å². The summed E-state index contributed by atoms with van der Waals surface area (Å²) in [6.45, 7) is 3.84. The third kappa shape index (κ3) is 3.72. The first kappa shape index (κ1) is 17.3. The van der Waals surface area contributed by atoms with Gasteiger partial charge in [0.1, 0.15) is 16.0 Å². The predicted octanol–water partition coefficient (Wildman–Crippen LogP) is 4.34. The molecule has 4 heterocycles. The molecule has 0 saturated carbocycles. The Morgan fingerprint density at radius 1 is 1.08 bits per heavy atom. The lowest BCUT2D eigenvalue weighted by atomic mass is 9.78. The van der Waals surface area contributed by atoms with E-state index in [0.29, 0.717) is 15.6 Å². The van der Waals surface area contributed by atoms with Crippen LogP contribution >= 0.6 is 35.0 Å². The molecule has 0 radical (unpaired) electrons. The predicted molar refractivity (Wildman–Crippen MR) is 99.7 cm³/mol. The van der Waals surface area contributed by atoms with Crippen LogP contribution in [0.15, 0.2) is 34.6 Å². The van der Waals surface area contributed by atoms with Gasteiger partial charge in [-0.2, -0.15) is 0 Å². The van der Waals surface area contributed by atoms with Crippen molar-refractivity contribution >= 4 is 40.8 Å². The van der Waals surface area contributed by atoms with Crippen LogP contribution in [0.4, 0.5) is 5.82 Å². The molecule has 0 aromatic carbocycles. The highest BCUT2D eigenvalue weighted by molar-refractivity contribution is 7.99. The van der Waals surface area contributed by atoms with Gasteiger partial charge in [-0.05, 0) is 30.7 Å². The Hall–Kier alpha value is -1.08. The summed E-state index contributed by atoms with van der Waals surface area (Å²) in [5.74, 6) is 0.928. The molecule has 0 bridgehead atoms. The number of aromatic nitrogens is 3. The summed E-state index contributed by atoms with van der Waals surface area (Å²) >= 11 is 13.6. The van der Waals surface area contributed by atoms with E-state index < -0.39 is 0 Å². The van der Waals surface area contributed by atoms with Crippen molar-refractivity contribution in [3.8, 4) is 0 Å². The van der Waals surface area contributed by atoms with Crippen molar-refractivity contribution in [1.82, 2.24) is 15.0 Å². The van der Waals surface area contributed by atoms with Gasteiger partial charge in [-0.1, -0.05) is 35.0 Å². The zero-order valence-corrected chi connectivity index (χ0v) is 15.9. The minimum Gasteiger partial charge on any atom is -0.381 e. The van der Waals surface area contributed by atoms with Gasteiger partial charge in [0.2, 0.25) is 0 Å². The van der Waals surface area contributed by atoms with Crippen LogP contribution in [-0.4, -0.2) is 41.3 Å². The fourth-order valence-corrected chi connectivity index (χ4v) is 4.57. The Balaban J connectivity index is 1.41. The fourth-order valence-electron chi connectivity index (χ4n) is 3.37. The Bertz CT molecular complexity index is 743. The van der Waals surface area contributed by atoms with Crippen molar-refractivity contribution in [3.63, 3.8) is 0 Å². The Kier molecular flexibility index (Phi) is 5.04. The van der Waals surface area contributed by atoms with E-state index in [1.165, 1.54) is 18.2 Å². The molecule has 2 aromatic rings. The molecule has 2 aliphatic rings. The molecular weight excluding hydrogens is 379 g/mol. The van der Waals surface area contributed by atoms with Crippen LogP contribution < -0.4 is 4.90 Å². The minimum absolute atomic E-state index is 0.300. The standard InChI is InChI=1S/C17H18Cl2N4OS/c18-15-12(1-5-20-16(15)19)25-14-10-21-13(9-22-14)23-6-2-17(3-7-23)4-8-24-11-17/h1,5,9-10H,2-4,6-8,11H2. The van der Waals surface area contributed by atoms with Crippen molar-refractivity contribution in [1.29, 1.82) is 0 Å². The van der Waals surface area contributed by atoms with Gasteiger partial charge in [0.25, 0.3) is 0 Å². The highest BCUT2D eigenvalue weighted by Crippen LogP contribution is 2.40. The molecule has 8 heteroatoms. The van der Waals surface area contributed by atoms with Gasteiger partial charge in [0, 0.05) is 30.8 Å². The van der Waals surface area contributed by atoms with Crippen molar-refractivity contribution in [2.75, 3.05) is 31.2 Å². The second kappa shape index (κ2) is 7.27. The van der Waals surface area contributed by atoms with E-state index >= 15 is 0 Å². The number of hydrogen-bond acceptors (Lipinski definition) is 6. The third-order valence-electron chi connectivity index (χ3n) is 4.97. The van der Waals surface area contributed by atoms with E-state index in [1.54, 1.807) is 12.4 Å². The number of anilines is 1. The summed E-state index contributed by atoms with van der Waals surface area (Å²) in [6.07, 6.45) is 8.77. The summed E-state index contributed by atoms with van der Waals surface area (Å²) in [7, 11) is 0. The summed E-state index contributed by atoms with van der Waals surface area (Å²) in [5.41, 5.74) is 0.400. The highest BCUT2D eigenvalue weighted by atomic mass is 35.5. The van der Waals surface area contributed by atoms with Crippen LogP contribution in [0.1, 0.15) is 19.3 Å². The third-order valence-corrected chi connectivity index (χ3v) is 6.83. The van der Waals surface area contributed by atoms with E-state index in [-0.39, 0.29) is 0 Å². The molecule has 2 aromatic heterocycles. The number of nitrogens with zero attached hydrogens (tertiary/aromatic N) is 4. The summed E-state index contributed by atoms with van der Waals surface area (Å²) in [5, 5.41) is 1.53. The van der Waals surface area contributed by atoms with E-state index in [1.807, 2.05) is 12.3 Å². The SMILES string of the molecule is Clc1nccc(Sc2cnc(N3CCC4(CCOC4)CC3)cn2)c1Cl. The maximum atomic E-state index is 6.17. The largest absolute Gasteiger partial charge is 0.381 e. The van der Waals surface area contributed by atoms with E-state index in [4.69, 9.17) is 27.9 Å². The number of rotatable bonds is 3. The van der Waals surface area contributed by atoms with Crippen molar-refractivity contribution in [2.45, 2.75) is 29.2 Å². The Morgan fingerprint density at radius 3 is 2.60 bits per heavy atom. The molecular formula is C17H18Cl2N4OS. The van der Waals surface area contributed by atoms with Crippen LogP contribution in [0.3, 0.4) is 0 Å². The lowest BCUT2D eigenvalue weighted by Gasteiger charge is -2.38. The van der Waals surface area contributed by atoms with E-state index in [2.05, 4.69) is 19.9 Å². The second-order valence-electron chi connectivity index (χ2n) is 6.52. The first-order valence-electron chi connectivity index (χ1n) is 8.28. The van der Waals surface area contributed by atoms with Crippen molar-refractivity contribution in [3.05, 3.63) is 34.8 Å². The normalized spacial score (nSPS) is 19.5. The topological polar surface area (TPSA) is 51.1 Å². The molecule has 25 heavy (non-hydrogen) atoms. The Morgan fingerprint density at radius 2 is 1.92 bits per heavy atom. The second-order valence-corrected chi connectivity index (χ2v) is 8.32. The van der Waals surface area contributed by atoms with Gasteiger partial charge in [-0.25, -0.2) is 15.0 Å². The molecule has 4 rings (SSSR count). The lowest BCUT2D eigenvalue weighted by molar-refractivity contribution is 0.133. The molecule has 2 fully saturated rings. The van der Waals surface area contributed by atoms with Crippen LogP contribution in [0, 0.1) is 5.41 Å². The summed E-state index contributed by atoms with van der Waals surface area (Å²) in [6, 6.07) is 1.82. The number of piperidine rings is 1. The fraction of sp³-hybridized carbons (Fsp3) is 0.471. The maximum absolute atomic E-state index is 6.17. The molecule has 0 unspecified atom stereocenters. The van der Waals surface area contributed by atoms with Gasteiger partial charge in [0.05, 0.1) is 24.0 Å². The summed E-state index contributed by atoms with van der Waals surface area (Å²) < 4.78 is 5.60. The average molecular weight is 397 g/mol. The Labute approximate surface area is 161 Å². The number of pyridine rings is 1. The molecule has 2 aliphatic heterocycles. The molecule has 0 N–H and O–H groups in total. The van der Waals surface area contributed by atoms with Crippen molar-refractivity contribution < 1.29 is 4.74 Å². The molecule has 0 aliphatic carbocycles. The van der Waals surface area contributed by atoms with Gasteiger partial charge < -0.3 is 9.64 Å². The number of ether oxygens (including phenoxy) is 1. The van der Waals surface area contributed by atoms with Crippen LogP contribution in [0.25, 0.3) is 0 Å². The highest BCUT2D eigenvalue weighted by Gasteiger charge is 2.38. The van der Waals surface area contributed by atoms with Gasteiger partial charge in [0.15, 0.2) is 0 Å². The van der Waals surface area contributed by atoms with E-state index in [9.17, 15) is 0 Å². The molecule has 1 spiro atoms. The van der Waals surface area contributed by atoms with Crippen LogP contribution in [-0.2, 0) is 4.74 Å². The molecule has 132 valence electrons. The summed E-state index contributed by atoms with van der Waals surface area (Å²) in [4.78, 5) is 16.2. The van der Waals surface area contributed by atoms with Crippen LogP contribution in [0.2, 0.25) is 10.2 Å². The number of halogens is 2. The average Bonchev–Trinajstić information content (AvgIpc) is 3.09. The minimum atomic E-state index is 0.300. The molecule has 0 amide bonds. The van der Waals surface area contributed by atoms with E-state index in [0.717, 1.165) is 54.9 Å². The smallest absolute Gasteiger partial charge is 0.148 e. The molecule has 0 atom stereocenters. The van der Waals surface area contributed by atoms with Gasteiger partial charge in [-0.15, -0.1) is 0 Å². The molecule has 2 saturated heterocycles. The zero-order chi connectivity index (χ0) is 17.3. The quantitative estimate of drug-likeness (QED) is 0.719. The lowest BCUT2D eigenvalue weighted by Crippen LogP contribution is -2.40.